The Hall–Kier alpha value is -1.33. The van der Waals surface area contributed by atoms with Crippen molar-refractivity contribution in [3.05, 3.63) is 23.7 Å². The molecule has 1 aromatic heterocycles. The third-order valence-electron chi connectivity index (χ3n) is 3.16. The summed E-state index contributed by atoms with van der Waals surface area (Å²) in [6.07, 6.45) is 3.99. The highest BCUT2D eigenvalue weighted by atomic mass is 16.5. The molecule has 1 aliphatic rings. The minimum Gasteiger partial charge on any atom is -0.469 e. The van der Waals surface area contributed by atoms with Crippen LogP contribution in [0, 0.1) is 0 Å². The number of carbonyl (C=O) groups excluding carboxylic acids is 1. The first-order chi connectivity index (χ1) is 8.26. The summed E-state index contributed by atoms with van der Waals surface area (Å²) < 4.78 is 10.4. The number of methoxy groups -OCH3 is 1. The third-order valence-corrected chi connectivity index (χ3v) is 3.16. The highest BCUT2D eigenvalue weighted by Gasteiger charge is 2.26. The maximum absolute atomic E-state index is 11.9. The van der Waals surface area contributed by atoms with Gasteiger partial charge in [0.1, 0.15) is 11.9 Å². The summed E-state index contributed by atoms with van der Waals surface area (Å²) in [7, 11) is 1.49. The Morgan fingerprint density at radius 3 is 3.29 bits per heavy atom. The zero-order valence-corrected chi connectivity index (χ0v) is 9.94. The SMILES string of the molecule is COC(CN)C(=O)NC1CCCc2occc21. The smallest absolute Gasteiger partial charge is 0.250 e. The Morgan fingerprint density at radius 2 is 2.59 bits per heavy atom. The monoisotopic (exact) mass is 238 g/mol. The topological polar surface area (TPSA) is 77.5 Å². The summed E-state index contributed by atoms with van der Waals surface area (Å²) in [5.74, 6) is 0.817. The molecule has 2 unspecified atom stereocenters. The number of carbonyl (C=O) groups is 1. The molecule has 1 aromatic rings. The van der Waals surface area contributed by atoms with Gasteiger partial charge in [-0.25, -0.2) is 0 Å². The van der Waals surface area contributed by atoms with Gasteiger partial charge in [0.15, 0.2) is 0 Å². The molecule has 5 heteroatoms. The predicted molar refractivity (Wildman–Crippen MR) is 62.4 cm³/mol. The fourth-order valence-corrected chi connectivity index (χ4v) is 2.21. The lowest BCUT2D eigenvalue weighted by Crippen LogP contribution is -2.42. The van der Waals surface area contributed by atoms with Crippen LogP contribution in [0.4, 0.5) is 0 Å². The van der Waals surface area contributed by atoms with Crippen LogP contribution in [0.2, 0.25) is 0 Å². The molecule has 2 rings (SSSR count). The molecule has 0 fully saturated rings. The van der Waals surface area contributed by atoms with E-state index >= 15 is 0 Å². The van der Waals surface area contributed by atoms with Crippen LogP contribution in [0.25, 0.3) is 0 Å². The molecule has 94 valence electrons. The van der Waals surface area contributed by atoms with E-state index < -0.39 is 6.10 Å². The number of rotatable bonds is 4. The van der Waals surface area contributed by atoms with E-state index in [1.165, 1.54) is 7.11 Å². The van der Waals surface area contributed by atoms with Crippen LogP contribution in [0.1, 0.15) is 30.2 Å². The summed E-state index contributed by atoms with van der Waals surface area (Å²) in [6, 6.07) is 1.94. The number of fused-ring (bicyclic) bond motifs is 1. The number of nitrogens with one attached hydrogen (secondary N) is 1. The van der Waals surface area contributed by atoms with Crippen LogP contribution in [-0.4, -0.2) is 25.7 Å². The van der Waals surface area contributed by atoms with Gasteiger partial charge in [-0.3, -0.25) is 4.79 Å². The van der Waals surface area contributed by atoms with E-state index in [2.05, 4.69) is 5.32 Å². The lowest BCUT2D eigenvalue weighted by atomic mass is 9.93. The molecule has 3 N–H and O–H groups in total. The molecule has 0 bridgehead atoms. The summed E-state index contributed by atoms with van der Waals surface area (Å²) in [5.41, 5.74) is 6.54. The zero-order chi connectivity index (χ0) is 12.3. The number of hydrogen-bond donors (Lipinski definition) is 2. The fourth-order valence-electron chi connectivity index (χ4n) is 2.21. The van der Waals surface area contributed by atoms with E-state index in [0.29, 0.717) is 0 Å². The van der Waals surface area contributed by atoms with Gasteiger partial charge < -0.3 is 20.2 Å². The minimum atomic E-state index is -0.577. The van der Waals surface area contributed by atoms with Crippen LogP contribution < -0.4 is 11.1 Å². The maximum atomic E-state index is 11.9. The van der Waals surface area contributed by atoms with Gasteiger partial charge in [-0.15, -0.1) is 0 Å². The lowest BCUT2D eigenvalue weighted by Gasteiger charge is -2.24. The van der Waals surface area contributed by atoms with Gasteiger partial charge in [0.05, 0.1) is 12.3 Å². The predicted octanol–water partition coefficient (Wildman–Crippen LogP) is 0.747. The molecule has 1 amide bonds. The van der Waals surface area contributed by atoms with Crippen LogP contribution in [0.3, 0.4) is 0 Å². The normalized spacial score (nSPS) is 20.7. The van der Waals surface area contributed by atoms with Gasteiger partial charge in [0.25, 0.3) is 5.91 Å². The van der Waals surface area contributed by atoms with E-state index in [0.717, 1.165) is 30.6 Å². The van der Waals surface area contributed by atoms with Crippen molar-refractivity contribution in [2.45, 2.75) is 31.4 Å². The van der Waals surface area contributed by atoms with Crippen molar-refractivity contribution >= 4 is 5.91 Å². The van der Waals surface area contributed by atoms with Gasteiger partial charge in [0.2, 0.25) is 0 Å². The molecular weight excluding hydrogens is 220 g/mol. The molecule has 5 nitrogen and oxygen atoms in total. The van der Waals surface area contributed by atoms with Crippen molar-refractivity contribution in [3.63, 3.8) is 0 Å². The Balaban J connectivity index is 2.04. The molecule has 0 aliphatic heterocycles. The first kappa shape index (κ1) is 12.1. The van der Waals surface area contributed by atoms with Crippen molar-refractivity contribution in [2.75, 3.05) is 13.7 Å². The second kappa shape index (κ2) is 5.33. The van der Waals surface area contributed by atoms with Crippen LogP contribution in [0.5, 0.6) is 0 Å². The van der Waals surface area contributed by atoms with Crippen molar-refractivity contribution in [2.24, 2.45) is 5.73 Å². The second-order valence-corrected chi connectivity index (χ2v) is 4.21. The van der Waals surface area contributed by atoms with Crippen LogP contribution in [-0.2, 0) is 16.0 Å². The molecule has 1 heterocycles. The van der Waals surface area contributed by atoms with Crippen molar-refractivity contribution < 1.29 is 13.9 Å². The standard InChI is InChI=1S/C12H18N2O3/c1-16-11(7-13)12(15)14-9-3-2-4-10-8(9)5-6-17-10/h5-6,9,11H,2-4,7,13H2,1H3,(H,14,15). The maximum Gasteiger partial charge on any atom is 0.250 e. The van der Waals surface area contributed by atoms with E-state index in [1.54, 1.807) is 6.26 Å². The lowest BCUT2D eigenvalue weighted by molar-refractivity contribution is -0.131. The summed E-state index contributed by atoms with van der Waals surface area (Å²) in [5, 5.41) is 2.96. The summed E-state index contributed by atoms with van der Waals surface area (Å²) in [4.78, 5) is 11.9. The van der Waals surface area contributed by atoms with Crippen LogP contribution in [0.15, 0.2) is 16.7 Å². The number of ether oxygens (including phenoxy) is 1. The molecule has 2 atom stereocenters. The first-order valence-corrected chi connectivity index (χ1v) is 5.85. The molecule has 0 saturated heterocycles. The molecule has 0 radical (unpaired) electrons. The Morgan fingerprint density at radius 1 is 1.76 bits per heavy atom. The average Bonchev–Trinajstić information content (AvgIpc) is 2.80. The number of furan rings is 1. The van der Waals surface area contributed by atoms with Crippen molar-refractivity contribution in [1.82, 2.24) is 5.32 Å². The zero-order valence-electron chi connectivity index (χ0n) is 9.94. The molecule has 1 aliphatic carbocycles. The van der Waals surface area contributed by atoms with E-state index in [4.69, 9.17) is 14.9 Å². The number of aryl methyl sites for hydroxylation is 1. The molecule has 0 saturated carbocycles. The van der Waals surface area contributed by atoms with Gasteiger partial charge in [-0.2, -0.15) is 0 Å². The van der Waals surface area contributed by atoms with Gasteiger partial charge in [-0.05, 0) is 18.9 Å². The number of amides is 1. The quantitative estimate of drug-likeness (QED) is 0.811. The third kappa shape index (κ3) is 2.50. The minimum absolute atomic E-state index is 0.0224. The van der Waals surface area contributed by atoms with Gasteiger partial charge in [0, 0.05) is 25.6 Å². The first-order valence-electron chi connectivity index (χ1n) is 5.85. The van der Waals surface area contributed by atoms with Crippen molar-refractivity contribution in [1.29, 1.82) is 0 Å². The summed E-state index contributed by atoms with van der Waals surface area (Å²) >= 11 is 0. The van der Waals surface area contributed by atoms with E-state index in [1.807, 2.05) is 6.07 Å². The fraction of sp³-hybridized carbons (Fsp3) is 0.583. The molecule has 17 heavy (non-hydrogen) atoms. The second-order valence-electron chi connectivity index (χ2n) is 4.21. The molecular formula is C12H18N2O3. The van der Waals surface area contributed by atoms with Gasteiger partial charge in [-0.1, -0.05) is 0 Å². The Bertz CT molecular complexity index is 385. The van der Waals surface area contributed by atoms with Gasteiger partial charge >= 0.3 is 0 Å². The molecule has 0 spiro atoms. The average molecular weight is 238 g/mol. The Kier molecular flexibility index (Phi) is 3.81. The highest BCUT2D eigenvalue weighted by molar-refractivity contribution is 5.81. The summed E-state index contributed by atoms with van der Waals surface area (Å²) in [6.45, 7) is 0.188. The van der Waals surface area contributed by atoms with E-state index in [-0.39, 0.29) is 18.5 Å². The van der Waals surface area contributed by atoms with Crippen molar-refractivity contribution in [3.8, 4) is 0 Å². The molecule has 0 aromatic carbocycles. The Labute approximate surface area is 100 Å². The van der Waals surface area contributed by atoms with Crippen LogP contribution >= 0.6 is 0 Å². The number of nitrogens with two attached hydrogens (primary N) is 1. The largest absolute Gasteiger partial charge is 0.469 e. The highest BCUT2D eigenvalue weighted by Crippen LogP contribution is 2.30. The van der Waals surface area contributed by atoms with E-state index in [9.17, 15) is 4.79 Å². The number of hydrogen-bond acceptors (Lipinski definition) is 4.